The number of carbonyl (C=O) groups excluding carboxylic acids is 1. The lowest BCUT2D eigenvalue weighted by Crippen LogP contribution is -2.32. The molecular formula is C21H26N4O2. The second kappa shape index (κ2) is 7.94. The first kappa shape index (κ1) is 17.8. The SMILES string of the molecule is CCc1cnccc1C(=O)N1CCC(Oc2cccnc2N2CCCC2)C1. The van der Waals surface area contributed by atoms with Gasteiger partial charge in [0.2, 0.25) is 0 Å². The Morgan fingerprint density at radius 2 is 2.07 bits per heavy atom. The first-order valence-corrected chi connectivity index (χ1v) is 9.85. The summed E-state index contributed by atoms with van der Waals surface area (Å²) in [6.07, 6.45) is 9.35. The van der Waals surface area contributed by atoms with Crippen molar-refractivity contribution in [2.45, 2.75) is 38.7 Å². The molecule has 6 nitrogen and oxygen atoms in total. The minimum atomic E-state index is 0.00594. The minimum Gasteiger partial charge on any atom is -0.485 e. The van der Waals surface area contributed by atoms with Crippen LogP contribution in [0.1, 0.15) is 42.1 Å². The van der Waals surface area contributed by atoms with E-state index in [4.69, 9.17) is 4.74 Å². The minimum absolute atomic E-state index is 0.00594. The summed E-state index contributed by atoms with van der Waals surface area (Å²) in [5, 5.41) is 0. The van der Waals surface area contributed by atoms with Crippen LogP contribution in [0, 0.1) is 0 Å². The van der Waals surface area contributed by atoms with Gasteiger partial charge in [0.25, 0.3) is 5.91 Å². The average molecular weight is 366 g/mol. The van der Waals surface area contributed by atoms with Gasteiger partial charge in [-0.2, -0.15) is 0 Å². The molecule has 2 aliphatic rings. The van der Waals surface area contributed by atoms with Gasteiger partial charge in [-0.3, -0.25) is 9.78 Å². The lowest BCUT2D eigenvalue weighted by atomic mass is 10.1. The summed E-state index contributed by atoms with van der Waals surface area (Å²) in [4.78, 5) is 25.8. The molecule has 1 amide bonds. The lowest BCUT2D eigenvalue weighted by Gasteiger charge is -2.22. The maximum Gasteiger partial charge on any atom is 0.254 e. The van der Waals surface area contributed by atoms with Crippen LogP contribution in [0.25, 0.3) is 0 Å². The normalized spacial score (nSPS) is 19.5. The quantitative estimate of drug-likeness (QED) is 0.814. The Kier molecular flexibility index (Phi) is 5.23. The number of nitrogens with zero attached hydrogens (tertiary/aromatic N) is 4. The zero-order valence-electron chi connectivity index (χ0n) is 15.8. The summed E-state index contributed by atoms with van der Waals surface area (Å²) < 4.78 is 6.28. The highest BCUT2D eigenvalue weighted by Crippen LogP contribution is 2.30. The van der Waals surface area contributed by atoms with E-state index < -0.39 is 0 Å². The van der Waals surface area contributed by atoms with Gasteiger partial charge in [-0.05, 0) is 43.0 Å². The van der Waals surface area contributed by atoms with Crippen molar-refractivity contribution in [3.05, 3.63) is 47.9 Å². The summed E-state index contributed by atoms with van der Waals surface area (Å²) in [5.41, 5.74) is 1.75. The molecule has 0 N–H and O–H groups in total. The van der Waals surface area contributed by atoms with E-state index in [2.05, 4.69) is 14.9 Å². The van der Waals surface area contributed by atoms with Crippen molar-refractivity contribution in [2.75, 3.05) is 31.1 Å². The Hall–Kier alpha value is -2.63. The number of anilines is 1. The predicted octanol–water partition coefficient (Wildman–Crippen LogP) is 2.93. The highest BCUT2D eigenvalue weighted by Gasteiger charge is 2.30. The number of aryl methyl sites for hydroxylation is 1. The smallest absolute Gasteiger partial charge is 0.254 e. The van der Waals surface area contributed by atoms with Crippen molar-refractivity contribution in [3.63, 3.8) is 0 Å². The van der Waals surface area contributed by atoms with E-state index in [1.807, 2.05) is 36.2 Å². The van der Waals surface area contributed by atoms with Gasteiger partial charge in [-0.25, -0.2) is 4.98 Å². The summed E-state index contributed by atoms with van der Waals surface area (Å²) in [6, 6.07) is 5.72. The Morgan fingerprint density at radius 1 is 1.22 bits per heavy atom. The van der Waals surface area contributed by atoms with Crippen LogP contribution in [-0.4, -0.2) is 53.1 Å². The van der Waals surface area contributed by atoms with E-state index in [9.17, 15) is 4.79 Å². The zero-order chi connectivity index (χ0) is 18.6. The maximum absolute atomic E-state index is 12.9. The predicted molar refractivity (Wildman–Crippen MR) is 104 cm³/mol. The van der Waals surface area contributed by atoms with Crippen LogP contribution in [0.2, 0.25) is 0 Å². The van der Waals surface area contributed by atoms with Gasteiger partial charge in [0.15, 0.2) is 11.6 Å². The Labute approximate surface area is 160 Å². The van der Waals surface area contributed by atoms with Gasteiger partial charge in [-0.1, -0.05) is 6.92 Å². The summed E-state index contributed by atoms with van der Waals surface area (Å²) in [7, 11) is 0. The van der Waals surface area contributed by atoms with Gasteiger partial charge < -0.3 is 14.5 Å². The molecule has 27 heavy (non-hydrogen) atoms. The van der Waals surface area contributed by atoms with E-state index in [0.29, 0.717) is 13.1 Å². The van der Waals surface area contributed by atoms with E-state index >= 15 is 0 Å². The molecule has 1 atom stereocenters. The van der Waals surface area contributed by atoms with Crippen LogP contribution < -0.4 is 9.64 Å². The average Bonchev–Trinajstić information content (AvgIpc) is 3.40. The molecule has 0 aliphatic carbocycles. The number of hydrogen-bond acceptors (Lipinski definition) is 5. The Morgan fingerprint density at radius 3 is 2.89 bits per heavy atom. The van der Waals surface area contributed by atoms with Crippen molar-refractivity contribution in [2.24, 2.45) is 0 Å². The Balaban J connectivity index is 1.44. The number of likely N-dealkylation sites (tertiary alicyclic amines) is 1. The summed E-state index contributed by atoms with van der Waals surface area (Å²) >= 11 is 0. The highest BCUT2D eigenvalue weighted by molar-refractivity contribution is 5.95. The van der Waals surface area contributed by atoms with Crippen LogP contribution in [0.15, 0.2) is 36.8 Å². The molecule has 2 aromatic rings. The second-order valence-electron chi connectivity index (χ2n) is 7.19. The van der Waals surface area contributed by atoms with Crippen molar-refractivity contribution in [1.29, 1.82) is 0 Å². The molecular weight excluding hydrogens is 340 g/mol. The molecule has 0 aromatic carbocycles. The highest BCUT2D eigenvalue weighted by atomic mass is 16.5. The number of ether oxygens (including phenoxy) is 1. The molecule has 6 heteroatoms. The molecule has 2 aromatic heterocycles. The molecule has 0 spiro atoms. The summed E-state index contributed by atoms with van der Waals surface area (Å²) in [6.45, 7) is 5.44. The third-order valence-corrected chi connectivity index (χ3v) is 5.40. The Bertz CT molecular complexity index is 804. The summed E-state index contributed by atoms with van der Waals surface area (Å²) in [5.74, 6) is 1.84. The van der Waals surface area contributed by atoms with E-state index in [-0.39, 0.29) is 12.0 Å². The van der Waals surface area contributed by atoms with Crippen molar-refractivity contribution >= 4 is 11.7 Å². The van der Waals surface area contributed by atoms with Crippen LogP contribution in [-0.2, 0) is 6.42 Å². The molecule has 1 unspecified atom stereocenters. The molecule has 0 radical (unpaired) electrons. The van der Waals surface area contributed by atoms with E-state index in [1.54, 1.807) is 12.4 Å². The van der Waals surface area contributed by atoms with Crippen molar-refractivity contribution in [3.8, 4) is 5.75 Å². The standard InChI is InChI=1S/C21H26N4O2/c1-2-16-14-22-10-7-18(16)21(26)25-13-8-17(15-25)27-19-6-5-9-23-20(19)24-11-3-4-12-24/h5-7,9-10,14,17H,2-4,8,11-13,15H2,1H3. The lowest BCUT2D eigenvalue weighted by molar-refractivity contribution is 0.0771. The first-order chi connectivity index (χ1) is 13.3. The monoisotopic (exact) mass is 366 g/mol. The molecule has 4 heterocycles. The van der Waals surface area contributed by atoms with Gasteiger partial charge in [0.1, 0.15) is 6.10 Å². The number of hydrogen-bond donors (Lipinski definition) is 0. The van der Waals surface area contributed by atoms with E-state index in [1.165, 1.54) is 12.8 Å². The van der Waals surface area contributed by atoms with E-state index in [0.717, 1.165) is 48.6 Å². The topological polar surface area (TPSA) is 58.6 Å². The van der Waals surface area contributed by atoms with Gasteiger partial charge in [0, 0.05) is 50.2 Å². The fraction of sp³-hybridized carbons (Fsp3) is 0.476. The fourth-order valence-electron chi connectivity index (χ4n) is 3.92. The fourth-order valence-corrected chi connectivity index (χ4v) is 3.92. The second-order valence-corrected chi connectivity index (χ2v) is 7.19. The van der Waals surface area contributed by atoms with Gasteiger partial charge in [0.05, 0.1) is 6.54 Å². The molecule has 2 aliphatic heterocycles. The molecule has 142 valence electrons. The van der Waals surface area contributed by atoms with Crippen LogP contribution in [0.5, 0.6) is 5.75 Å². The molecule has 0 saturated carbocycles. The number of aromatic nitrogens is 2. The molecule has 2 saturated heterocycles. The number of amides is 1. The zero-order valence-corrected chi connectivity index (χ0v) is 15.8. The number of rotatable bonds is 5. The third kappa shape index (κ3) is 3.75. The molecule has 4 rings (SSSR count). The van der Waals surface area contributed by atoms with Gasteiger partial charge >= 0.3 is 0 Å². The van der Waals surface area contributed by atoms with Crippen molar-refractivity contribution in [1.82, 2.24) is 14.9 Å². The first-order valence-electron chi connectivity index (χ1n) is 9.85. The maximum atomic E-state index is 12.9. The number of carbonyl (C=O) groups is 1. The molecule has 0 bridgehead atoms. The number of pyridine rings is 2. The largest absolute Gasteiger partial charge is 0.485 e. The van der Waals surface area contributed by atoms with Crippen LogP contribution in [0.4, 0.5) is 5.82 Å². The van der Waals surface area contributed by atoms with Crippen LogP contribution in [0.3, 0.4) is 0 Å². The van der Waals surface area contributed by atoms with Gasteiger partial charge in [-0.15, -0.1) is 0 Å². The van der Waals surface area contributed by atoms with Crippen molar-refractivity contribution < 1.29 is 9.53 Å². The molecule has 2 fully saturated rings. The third-order valence-electron chi connectivity index (χ3n) is 5.40. The van der Waals surface area contributed by atoms with Crippen LogP contribution >= 0.6 is 0 Å².